The summed E-state index contributed by atoms with van der Waals surface area (Å²) >= 11 is 0. The standard InChI is InChI=1S/C21H36O5/c1-2-3-4-5-6-8-11-14-19(23)15-12-9-7-10-13-16-21(25)26-18-20(24)17-22/h6,8,11,14,20,22,24H,2-5,7,9-10,12-13,15-18H2,1H3/b8-6+,14-11+/t20-/m1/s1. The number of hydrogen-bond donors (Lipinski definition) is 2. The fourth-order valence-electron chi connectivity index (χ4n) is 2.35. The van der Waals surface area contributed by atoms with Crippen molar-refractivity contribution in [2.24, 2.45) is 0 Å². The number of aliphatic hydroxyl groups excluding tert-OH is 2. The van der Waals surface area contributed by atoms with Crippen LogP contribution >= 0.6 is 0 Å². The number of carbonyl (C=O) groups excluding carboxylic acids is 2. The van der Waals surface area contributed by atoms with Crippen molar-refractivity contribution in [3.63, 3.8) is 0 Å². The minimum absolute atomic E-state index is 0.154. The third-order valence-electron chi connectivity index (χ3n) is 3.96. The molecule has 0 aromatic heterocycles. The Labute approximate surface area is 158 Å². The van der Waals surface area contributed by atoms with Crippen molar-refractivity contribution in [3.8, 4) is 0 Å². The summed E-state index contributed by atoms with van der Waals surface area (Å²) < 4.78 is 4.82. The van der Waals surface area contributed by atoms with Gasteiger partial charge in [0.15, 0.2) is 5.78 Å². The maximum atomic E-state index is 11.7. The van der Waals surface area contributed by atoms with Gasteiger partial charge < -0.3 is 14.9 Å². The summed E-state index contributed by atoms with van der Waals surface area (Å²) in [5.41, 5.74) is 0. The molecule has 1 atom stereocenters. The molecule has 0 fully saturated rings. The number of ketones is 1. The van der Waals surface area contributed by atoms with Gasteiger partial charge in [-0.2, -0.15) is 0 Å². The summed E-state index contributed by atoms with van der Waals surface area (Å²) in [6, 6.07) is 0. The molecular weight excluding hydrogens is 332 g/mol. The molecule has 0 aromatic rings. The number of carbonyl (C=O) groups is 2. The van der Waals surface area contributed by atoms with Crippen LogP contribution in [0.3, 0.4) is 0 Å². The first kappa shape index (κ1) is 24.5. The number of rotatable bonds is 17. The topological polar surface area (TPSA) is 83.8 Å². The van der Waals surface area contributed by atoms with E-state index in [-0.39, 0.29) is 18.4 Å². The van der Waals surface area contributed by atoms with Crippen LogP contribution in [0.15, 0.2) is 24.3 Å². The van der Waals surface area contributed by atoms with Crippen LogP contribution in [0.25, 0.3) is 0 Å². The third-order valence-corrected chi connectivity index (χ3v) is 3.96. The maximum Gasteiger partial charge on any atom is 0.305 e. The molecule has 150 valence electrons. The molecule has 0 saturated carbocycles. The second-order valence-electron chi connectivity index (χ2n) is 6.54. The van der Waals surface area contributed by atoms with Crippen molar-refractivity contribution in [2.75, 3.05) is 13.2 Å². The molecule has 0 aliphatic carbocycles. The van der Waals surface area contributed by atoms with Crippen LogP contribution in [0.5, 0.6) is 0 Å². The first-order valence-electron chi connectivity index (χ1n) is 9.90. The summed E-state index contributed by atoms with van der Waals surface area (Å²) in [6.07, 6.45) is 16.7. The van der Waals surface area contributed by atoms with Crippen molar-refractivity contribution in [1.82, 2.24) is 0 Å². The lowest BCUT2D eigenvalue weighted by Crippen LogP contribution is -2.21. The Morgan fingerprint density at radius 3 is 2.35 bits per heavy atom. The summed E-state index contributed by atoms with van der Waals surface area (Å²) in [4.78, 5) is 23.1. The molecule has 5 heteroatoms. The van der Waals surface area contributed by atoms with Crippen molar-refractivity contribution in [1.29, 1.82) is 0 Å². The van der Waals surface area contributed by atoms with Gasteiger partial charge in [0.25, 0.3) is 0 Å². The van der Waals surface area contributed by atoms with Crippen LogP contribution in [-0.4, -0.2) is 41.3 Å². The zero-order valence-corrected chi connectivity index (χ0v) is 16.2. The highest BCUT2D eigenvalue weighted by molar-refractivity contribution is 5.89. The number of unbranched alkanes of at least 4 members (excludes halogenated alkanes) is 7. The fourth-order valence-corrected chi connectivity index (χ4v) is 2.35. The predicted octanol–water partition coefficient (Wildman–Crippen LogP) is 3.88. The van der Waals surface area contributed by atoms with Gasteiger partial charge >= 0.3 is 5.97 Å². The molecule has 0 aromatic carbocycles. The second kappa shape index (κ2) is 18.3. The van der Waals surface area contributed by atoms with Crippen LogP contribution < -0.4 is 0 Å². The third kappa shape index (κ3) is 17.4. The van der Waals surface area contributed by atoms with E-state index in [2.05, 4.69) is 13.0 Å². The first-order chi connectivity index (χ1) is 12.6. The van der Waals surface area contributed by atoms with E-state index in [0.717, 1.165) is 38.5 Å². The van der Waals surface area contributed by atoms with E-state index < -0.39 is 12.7 Å². The maximum absolute atomic E-state index is 11.7. The Balaban J connectivity index is 3.48. The quantitative estimate of drug-likeness (QED) is 0.176. The highest BCUT2D eigenvalue weighted by Gasteiger charge is 2.07. The Morgan fingerprint density at radius 2 is 1.65 bits per heavy atom. The molecule has 0 heterocycles. The van der Waals surface area contributed by atoms with Crippen LogP contribution in [0, 0.1) is 0 Å². The van der Waals surface area contributed by atoms with E-state index in [4.69, 9.17) is 14.9 Å². The molecule has 0 amide bonds. The second-order valence-corrected chi connectivity index (χ2v) is 6.54. The zero-order chi connectivity index (χ0) is 19.5. The Morgan fingerprint density at radius 1 is 0.962 bits per heavy atom. The van der Waals surface area contributed by atoms with Gasteiger partial charge in [0.05, 0.1) is 6.61 Å². The summed E-state index contributed by atoms with van der Waals surface area (Å²) in [5.74, 6) is -0.185. The minimum Gasteiger partial charge on any atom is -0.463 e. The van der Waals surface area contributed by atoms with Gasteiger partial charge in [-0.05, 0) is 31.8 Å². The smallest absolute Gasteiger partial charge is 0.305 e. The lowest BCUT2D eigenvalue weighted by molar-refractivity contribution is -0.147. The van der Waals surface area contributed by atoms with Gasteiger partial charge in [-0.15, -0.1) is 0 Å². The molecule has 5 nitrogen and oxygen atoms in total. The highest BCUT2D eigenvalue weighted by atomic mass is 16.5. The molecule has 0 bridgehead atoms. The summed E-state index contributed by atoms with van der Waals surface area (Å²) in [5, 5.41) is 17.7. The van der Waals surface area contributed by atoms with Crippen LogP contribution in [0.2, 0.25) is 0 Å². The zero-order valence-electron chi connectivity index (χ0n) is 16.2. The molecule has 0 aliphatic rings. The van der Waals surface area contributed by atoms with E-state index in [1.807, 2.05) is 12.2 Å². The number of ether oxygens (including phenoxy) is 1. The van der Waals surface area contributed by atoms with Gasteiger partial charge in [-0.25, -0.2) is 0 Å². The number of allylic oxidation sites excluding steroid dienone is 4. The Bertz CT molecular complexity index is 415. The largest absolute Gasteiger partial charge is 0.463 e. The number of esters is 1. The minimum atomic E-state index is -0.998. The molecule has 0 saturated heterocycles. The van der Waals surface area contributed by atoms with Crippen molar-refractivity contribution in [2.45, 2.75) is 83.7 Å². The van der Waals surface area contributed by atoms with Crippen LogP contribution in [0.4, 0.5) is 0 Å². The molecule has 0 rings (SSSR count). The highest BCUT2D eigenvalue weighted by Crippen LogP contribution is 2.08. The van der Waals surface area contributed by atoms with Gasteiger partial charge in [0.1, 0.15) is 12.7 Å². The Hall–Kier alpha value is -1.46. The number of aliphatic hydroxyl groups is 2. The lowest BCUT2D eigenvalue weighted by Gasteiger charge is -2.08. The van der Waals surface area contributed by atoms with E-state index >= 15 is 0 Å². The lowest BCUT2D eigenvalue weighted by atomic mass is 10.1. The predicted molar refractivity (Wildman–Crippen MR) is 104 cm³/mol. The van der Waals surface area contributed by atoms with E-state index in [1.165, 1.54) is 19.3 Å². The molecular formula is C21H36O5. The molecule has 0 unspecified atom stereocenters. The average molecular weight is 369 g/mol. The average Bonchev–Trinajstić information content (AvgIpc) is 2.64. The van der Waals surface area contributed by atoms with E-state index in [9.17, 15) is 9.59 Å². The number of hydrogen-bond acceptors (Lipinski definition) is 5. The monoisotopic (exact) mass is 368 g/mol. The first-order valence-corrected chi connectivity index (χ1v) is 9.90. The van der Waals surface area contributed by atoms with E-state index in [0.29, 0.717) is 12.8 Å². The normalized spacial score (nSPS) is 12.7. The van der Waals surface area contributed by atoms with Gasteiger partial charge in [0, 0.05) is 12.8 Å². The fraction of sp³-hybridized carbons (Fsp3) is 0.714. The van der Waals surface area contributed by atoms with Crippen LogP contribution in [0.1, 0.15) is 77.6 Å². The van der Waals surface area contributed by atoms with Gasteiger partial charge in [0.2, 0.25) is 0 Å². The van der Waals surface area contributed by atoms with Crippen LogP contribution in [-0.2, 0) is 14.3 Å². The van der Waals surface area contributed by atoms with Crippen molar-refractivity contribution in [3.05, 3.63) is 24.3 Å². The van der Waals surface area contributed by atoms with Crippen molar-refractivity contribution < 1.29 is 24.5 Å². The van der Waals surface area contributed by atoms with E-state index in [1.54, 1.807) is 6.08 Å². The Kier molecular flexibility index (Phi) is 17.3. The molecule has 26 heavy (non-hydrogen) atoms. The molecule has 2 N–H and O–H groups in total. The molecule has 0 aliphatic heterocycles. The molecule has 0 radical (unpaired) electrons. The van der Waals surface area contributed by atoms with Gasteiger partial charge in [-0.1, -0.05) is 57.3 Å². The molecule has 0 spiro atoms. The SMILES string of the molecule is CCCCC/C=C/C=C/C(=O)CCCCCCCC(=O)OC[C@H](O)CO. The summed E-state index contributed by atoms with van der Waals surface area (Å²) in [7, 11) is 0. The van der Waals surface area contributed by atoms with Crippen molar-refractivity contribution >= 4 is 11.8 Å². The van der Waals surface area contributed by atoms with Gasteiger partial charge in [-0.3, -0.25) is 9.59 Å². The summed E-state index contributed by atoms with van der Waals surface area (Å²) in [6.45, 7) is 1.62.